The molecule has 10 aromatic heterocycles. The Balaban J connectivity index is -0.000000509. The van der Waals surface area contributed by atoms with Crippen LogP contribution in [0, 0.1) is 31.6 Å². The normalized spacial score (nSPS) is 11.7. The van der Waals surface area contributed by atoms with Gasteiger partial charge >= 0.3 is 36.9 Å². The molecule has 0 atom stereocenters. The Morgan fingerprint density at radius 1 is 0.558 bits per heavy atom. The summed E-state index contributed by atoms with van der Waals surface area (Å²) < 4.78 is 216. The number of rotatable bonds is 16. The van der Waals surface area contributed by atoms with E-state index in [9.17, 15) is 114 Å². The number of thiazole rings is 3. The van der Waals surface area contributed by atoms with Crippen molar-refractivity contribution in [3.8, 4) is 20.9 Å². The standard InChI is InChI=1S/C16H17F3N2OS.C13H14F3N3S.C10H16O3.C9H9BrF3N.C9H10F3NO.C9H9F3O2.C7H6N4O.C7H9NOS.C5H9ClO.C5H8O2.C2H6O.CH2Cl2.Br3OP.H3N.H2O/c1-9(22)7-13-21-10(2)14(23-13)11-5-6-20-12(8-11)15(3,4)16(17,18)19;1-7-10(20-11(17)19-7)8-4-5-18-9(6-8)12(2,3)13(14,15)16;1-10(2,3)9(12)7-8(11)5-6-13-4;1-8(2,9(11,12)13)7-5-6(10)3-4-14-7;1-8(2,9(10,11)12)7-5-6(14)3-4-13-7;1-8(2,9(10,11)12)7-5-6(13)3-4-14-7;12-7(10-3-1-8-5-10)11-4-2-9-6-11;1-5-4-10-7(8-5)3-6(2)9;1-5(2,3)4(6)7;1-5(6)3-4-7-2;1-2-3;2-1-3;1-5(2,3)4;;/h5-6,8H,7H2,1-4H3;4-6H,1-3H3,(H2,17,19);5-7,11H,1-4H3;3-5H,1-2H3;3-5H,1-2H3,(H,13,14);3-5H,1-2H3;1-6H;4H,3H2,1-2H3;1-3H3;3-4H,1-2H3;3H,2H2,1H3;1H2;;1H3;1H2/b;;6-5+,8-7?;;;;;;;4-3+;;;;;. The molecule has 28 nitrogen and oxygen atoms in total. The number of imidazole rings is 2. The van der Waals surface area contributed by atoms with Gasteiger partial charge in [0.05, 0.1) is 89.4 Å². The summed E-state index contributed by atoms with van der Waals surface area (Å²) >= 11 is 30.2. The predicted octanol–water partition coefficient (Wildman–Crippen LogP) is 27.8. The van der Waals surface area contributed by atoms with Crippen LogP contribution in [-0.2, 0) is 77.9 Å². The van der Waals surface area contributed by atoms with Gasteiger partial charge in [0.15, 0.2) is 27.6 Å². The highest BCUT2D eigenvalue weighted by molar-refractivity contribution is 9.94. The molecule has 0 spiro atoms. The van der Waals surface area contributed by atoms with Crippen LogP contribution in [0.3, 0.4) is 0 Å². The van der Waals surface area contributed by atoms with Gasteiger partial charge in [0, 0.05) is 177 Å². The maximum atomic E-state index is 13.2. The van der Waals surface area contributed by atoms with Gasteiger partial charge in [-0.2, -0.15) is 65.9 Å². The van der Waals surface area contributed by atoms with E-state index in [4.69, 9.17) is 45.6 Å². The lowest BCUT2D eigenvalue weighted by Crippen LogP contribution is -2.37. The fraction of sp³-hybridized carbons (Fsp3) is 0.441. The number of halogens is 22. The Kier molecular flexibility index (Phi) is 65.6. The Labute approximate surface area is 901 Å². The number of Topliss-reactive ketones (excluding diaryl/α,β-unsaturated/α-hetero) is 2. The van der Waals surface area contributed by atoms with Crippen molar-refractivity contribution in [1.29, 1.82) is 0 Å². The summed E-state index contributed by atoms with van der Waals surface area (Å²) in [7, 11) is 2.97. The third-order valence-electron chi connectivity index (χ3n) is 18.0. The molecule has 0 saturated carbocycles. The number of aromatic nitrogens is 11. The molecular formula is C93H120Br4Cl3F15N13O15PS3. The number of nitrogens with one attached hydrogen (secondary N) is 1. The van der Waals surface area contributed by atoms with E-state index in [1.807, 2.05) is 12.3 Å². The minimum absolute atomic E-state index is 0. The lowest BCUT2D eigenvalue weighted by molar-refractivity contribution is -0.185. The molecule has 0 aromatic carbocycles. The molecule has 0 aliphatic carbocycles. The number of carbonyl (C=O) groups is 6. The second-order valence-electron chi connectivity index (χ2n) is 34.2. The fourth-order valence-electron chi connectivity index (χ4n) is 8.79. The van der Waals surface area contributed by atoms with Crippen molar-refractivity contribution in [2.75, 3.05) is 31.9 Å². The third kappa shape index (κ3) is 56.0. The van der Waals surface area contributed by atoms with Gasteiger partial charge in [-0.25, -0.2) is 29.7 Å². The van der Waals surface area contributed by atoms with Crippen molar-refractivity contribution in [1.82, 2.24) is 60.1 Å². The molecule has 147 heavy (non-hydrogen) atoms. The van der Waals surface area contributed by atoms with Gasteiger partial charge in [-0.1, -0.05) is 68.8 Å². The first-order chi connectivity index (χ1) is 65.9. The molecule has 0 aliphatic heterocycles. The van der Waals surface area contributed by atoms with Crippen molar-refractivity contribution in [3.63, 3.8) is 0 Å². The van der Waals surface area contributed by atoms with Crippen molar-refractivity contribution >= 4 is 174 Å². The van der Waals surface area contributed by atoms with E-state index in [0.29, 0.717) is 43.5 Å². The Morgan fingerprint density at radius 2 is 0.932 bits per heavy atom. The van der Waals surface area contributed by atoms with E-state index < -0.39 is 77.5 Å². The molecule has 0 aliphatic rings. The zero-order valence-electron chi connectivity index (χ0n) is 84.5. The topological polar surface area (TPSA) is 447 Å². The number of pyridine rings is 4. The quantitative estimate of drug-likeness (QED) is 0.0114. The van der Waals surface area contributed by atoms with E-state index in [0.717, 1.165) is 114 Å². The van der Waals surface area contributed by atoms with Gasteiger partial charge < -0.3 is 46.4 Å². The zero-order chi connectivity index (χ0) is 114. The summed E-state index contributed by atoms with van der Waals surface area (Å²) in [5.74, 6) is -0.417. The van der Waals surface area contributed by atoms with Gasteiger partial charge in [0.25, 0.3) is 3.25 Å². The first-order valence-electron chi connectivity index (χ1n) is 41.6. The second-order valence-corrected chi connectivity index (χ2v) is 57.6. The van der Waals surface area contributed by atoms with Crippen molar-refractivity contribution in [2.24, 2.45) is 10.8 Å². The van der Waals surface area contributed by atoms with Crippen LogP contribution in [0.5, 0.6) is 0 Å². The van der Waals surface area contributed by atoms with E-state index in [1.165, 1.54) is 152 Å². The number of allylic oxidation sites excluding steroid dienone is 3. The number of aliphatic hydroxyl groups excluding tert-OH is 2. The number of hydrogen-bond acceptors (Lipinski definition) is 27. The number of aryl methyl sites for hydroxylation is 3. The van der Waals surface area contributed by atoms with Crippen molar-refractivity contribution in [2.45, 2.75) is 230 Å². The molecule has 10 heterocycles. The van der Waals surface area contributed by atoms with Gasteiger partial charge in [0.2, 0.25) is 5.24 Å². The molecule has 0 saturated heterocycles. The third-order valence-corrected chi connectivity index (χ3v) is 22.3. The summed E-state index contributed by atoms with van der Waals surface area (Å²) in [5, 5.41) is 20.6. The van der Waals surface area contributed by atoms with Crippen molar-refractivity contribution < 1.29 is 129 Å². The maximum absolute atomic E-state index is 13.2. The fourth-order valence-corrected chi connectivity index (χ4v) is 11.9. The number of carbonyl (C=O) groups excluding carboxylic acids is 6. The Morgan fingerprint density at radius 3 is 1.24 bits per heavy atom. The first kappa shape index (κ1) is 146. The molecule has 0 fully saturated rings. The van der Waals surface area contributed by atoms with Crippen LogP contribution >= 0.6 is 134 Å². The number of H-pyrrole nitrogens is 1. The van der Waals surface area contributed by atoms with Crippen LogP contribution in [-0.4, -0.2) is 161 Å². The minimum Gasteiger partial charge on any atom is -0.508 e. The number of ether oxygens (including phenoxy) is 2. The summed E-state index contributed by atoms with van der Waals surface area (Å²) in [4.78, 5) is 122. The average Bonchev–Trinajstić information content (AvgIpc) is 1.72. The van der Waals surface area contributed by atoms with Crippen LogP contribution in [0.1, 0.15) is 194 Å². The molecule has 0 amide bonds. The Hall–Kier alpha value is -9.05. The van der Waals surface area contributed by atoms with Crippen LogP contribution in [0.2, 0.25) is 0 Å². The number of aliphatic hydroxyl groups is 2. The van der Waals surface area contributed by atoms with E-state index in [1.54, 1.807) is 124 Å². The van der Waals surface area contributed by atoms with E-state index in [2.05, 4.69) is 121 Å². The van der Waals surface area contributed by atoms with E-state index in [-0.39, 0.29) is 104 Å². The van der Waals surface area contributed by atoms with Crippen LogP contribution in [0.4, 0.5) is 75.8 Å². The molecule has 0 bridgehead atoms. The van der Waals surface area contributed by atoms with Gasteiger partial charge in [-0.05, 0) is 177 Å². The smallest absolute Gasteiger partial charge is 0.400 e. The van der Waals surface area contributed by atoms with Gasteiger partial charge in [-0.3, -0.25) is 62.2 Å². The van der Waals surface area contributed by atoms with Crippen LogP contribution < -0.4 is 22.7 Å². The summed E-state index contributed by atoms with van der Waals surface area (Å²) in [5.41, 5.74) is -2.77. The number of methoxy groups -OCH3 is 2. The summed E-state index contributed by atoms with van der Waals surface area (Å²) in [6, 6.07) is 13.1. The average molecular weight is 2500 g/mol. The molecule has 10 rings (SSSR count). The molecule has 54 heteroatoms. The van der Waals surface area contributed by atoms with Gasteiger partial charge in [-0.15, -0.1) is 45.9 Å². The number of nitrogens with zero attached hydrogens (tertiary/aromatic N) is 10. The largest absolute Gasteiger partial charge is 0.508 e. The number of hydrogen-bond donors (Lipinski definition) is 5. The Bertz CT molecular complexity index is 5820. The minimum atomic E-state index is -4.44. The number of nitrogens with two attached hydrogens (primary N) is 1. The highest BCUT2D eigenvalue weighted by Gasteiger charge is 2.53. The molecule has 0 unspecified atom stereocenters. The summed E-state index contributed by atoms with van der Waals surface area (Å²) in [6.45, 7) is 33.3. The molecule has 0 radical (unpaired) electrons. The lowest BCUT2D eigenvalue weighted by Gasteiger charge is -2.27. The molecule has 10 N–H and O–H groups in total. The second kappa shape index (κ2) is 65.9. The van der Waals surface area contributed by atoms with Crippen molar-refractivity contribution in [3.05, 3.63) is 252 Å². The number of alkyl halides is 17. The lowest BCUT2D eigenvalue weighted by atomic mass is 9.87. The van der Waals surface area contributed by atoms with Gasteiger partial charge in [0.1, 0.15) is 72.8 Å². The highest BCUT2D eigenvalue weighted by atomic mass is 80.0. The number of anilines is 1. The molecule has 10 aromatic rings. The maximum Gasteiger partial charge on any atom is 0.400 e. The van der Waals surface area contributed by atoms with Crippen LogP contribution in [0.15, 0.2) is 190 Å². The predicted molar refractivity (Wildman–Crippen MR) is 561 cm³/mol. The molecular weight excluding hydrogens is 2380 g/mol. The highest BCUT2D eigenvalue weighted by Crippen LogP contribution is 2.68. The first-order valence-corrected chi connectivity index (χ1v) is 54.1. The number of aromatic amines is 1. The molecule has 824 valence electrons. The monoisotopic (exact) mass is 2490 g/mol. The zero-order valence-corrected chi connectivity index (χ0v) is 96.4. The number of nitrogen functional groups attached to an aromatic ring is 1. The van der Waals surface area contributed by atoms with E-state index >= 15 is 0 Å². The van der Waals surface area contributed by atoms with Crippen LogP contribution in [0.25, 0.3) is 20.9 Å². The summed E-state index contributed by atoms with van der Waals surface area (Å²) in [6.07, 6.45) is 0.848. The SMILES string of the molecule is CC(=O)Cc1nc(C)c(-c2ccnc(C(C)(C)C(F)(F)F)c2)s1.CC(=O)Cc1nc(C)cs1.CC(C)(C)C(=O)Cl.CC(C)(c1cc(=O)cc[nH]1)C(F)(F)F.CC(C)(c1cc(=O)cco1)C(F)(F)F.CC(C)(c1cc(Br)ccn1)C(F)(F)F.CCO.CO/C=C/C(C)=O.CO/C=C/C(O)=CC(=O)C(C)(C)C.Cc1nc(N)sc1-c1ccnc(C(C)(C)C(F)(F)F)c1.ClCCl.N.O.O=C(n1ccnc1)n1ccnc1.O=P(Br)(Br)Br. The number of ketones is 4.